The number of hydrogen-bond donors (Lipinski definition) is 1. The lowest BCUT2D eigenvalue weighted by Crippen LogP contribution is -2.10. The molecule has 0 saturated heterocycles. The van der Waals surface area contributed by atoms with Gasteiger partial charge in [-0.1, -0.05) is 12.8 Å². The van der Waals surface area contributed by atoms with Gasteiger partial charge in [0.25, 0.3) is 0 Å². The number of unbranched alkanes of at least 4 members (excludes halogenated alkanes) is 3. The molecule has 0 spiro atoms. The van der Waals surface area contributed by atoms with Crippen LogP contribution in [0.5, 0.6) is 5.75 Å². The normalized spacial score (nSPS) is 10.7. The summed E-state index contributed by atoms with van der Waals surface area (Å²) in [6, 6.07) is 3.87. The van der Waals surface area contributed by atoms with E-state index in [1.54, 1.807) is 6.20 Å². The Morgan fingerprint density at radius 2 is 2.05 bits per heavy atom. The molecule has 108 valence electrons. The molecule has 19 heavy (non-hydrogen) atoms. The third kappa shape index (κ3) is 7.31. The van der Waals surface area contributed by atoms with Gasteiger partial charge in [0.15, 0.2) is 11.6 Å². The van der Waals surface area contributed by atoms with E-state index < -0.39 is 0 Å². The number of nitrogens with zero attached hydrogens (tertiary/aromatic N) is 1. The molecule has 1 heterocycles. The third-order valence-electron chi connectivity index (χ3n) is 2.70. The largest absolute Gasteiger partial charge is 0.487 e. The molecule has 0 radical (unpaired) electrons. The van der Waals surface area contributed by atoms with E-state index in [0.717, 1.165) is 18.1 Å². The van der Waals surface area contributed by atoms with Crippen LogP contribution in [0.4, 0.5) is 5.82 Å². The van der Waals surface area contributed by atoms with Crippen LogP contribution in [0.15, 0.2) is 18.3 Å². The molecule has 0 aliphatic carbocycles. The second-order valence-electron chi connectivity index (χ2n) is 4.85. The maximum Gasteiger partial charge on any atom is 0.168 e. The van der Waals surface area contributed by atoms with Crippen LogP contribution in [0.3, 0.4) is 0 Å². The zero-order valence-corrected chi connectivity index (χ0v) is 13.1. The van der Waals surface area contributed by atoms with Crippen molar-refractivity contribution < 1.29 is 4.74 Å². The summed E-state index contributed by atoms with van der Waals surface area (Å²) < 4.78 is 5.73. The summed E-state index contributed by atoms with van der Waals surface area (Å²) in [6.45, 7) is 5.02. The Hall–Kier alpha value is -0.900. The van der Waals surface area contributed by atoms with Crippen LogP contribution in [0, 0.1) is 0 Å². The first-order valence-corrected chi connectivity index (χ1v) is 8.48. The van der Waals surface area contributed by atoms with Gasteiger partial charge < -0.3 is 10.1 Å². The summed E-state index contributed by atoms with van der Waals surface area (Å²) in [5.74, 6) is 2.99. The molecular formula is C15H26N2OS. The lowest BCUT2D eigenvalue weighted by Gasteiger charge is -2.14. The van der Waals surface area contributed by atoms with Gasteiger partial charge in [-0.3, -0.25) is 0 Å². The van der Waals surface area contributed by atoms with Crippen LogP contribution in [0.25, 0.3) is 0 Å². The van der Waals surface area contributed by atoms with Gasteiger partial charge in [0.05, 0.1) is 6.10 Å². The van der Waals surface area contributed by atoms with Crippen molar-refractivity contribution in [3.63, 3.8) is 0 Å². The third-order valence-corrected chi connectivity index (χ3v) is 3.40. The first-order chi connectivity index (χ1) is 9.24. The fourth-order valence-corrected chi connectivity index (χ4v) is 2.30. The molecule has 0 aliphatic rings. The molecule has 0 unspecified atom stereocenters. The van der Waals surface area contributed by atoms with Gasteiger partial charge in [-0.15, -0.1) is 0 Å². The summed E-state index contributed by atoms with van der Waals surface area (Å²) in [5.41, 5.74) is 0. The molecule has 0 aliphatic heterocycles. The second kappa shape index (κ2) is 9.96. The van der Waals surface area contributed by atoms with Crippen molar-refractivity contribution in [1.29, 1.82) is 0 Å². The summed E-state index contributed by atoms with van der Waals surface area (Å²) in [5, 5.41) is 3.37. The van der Waals surface area contributed by atoms with Crippen molar-refractivity contribution in [2.45, 2.75) is 45.6 Å². The van der Waals surface area contributed by atoms with E-state index in [0.29, 0.717) is 0 Å². The minimum absolute atomic E-state index is 0.177. The molecule has 0 saturated carbocycles. The standard InChI is InChI=1S/C15H26N2OS/c1-13(2)18-14-9-8-11-17-15(14)16-10-6-4-5-7-12-19-3/h8-9,11,13H,4-7,10,12H2,1-3H3,(H,16,17). The van der Waals surface area contributed by atoms with Crippen LogP contribution < -0.4 is 10.1 Å². The van der Waals surface area contributed by atoms with E-state index >= 15 is 0 Å². The zero-order chi connectivity index (χ0) is 13.9. The van der Waals surface area contributed by atoms with E-state index in [4.69, 9.17) is 4.74 Å². The van der Waals surface area contributed by atoms with Gasteiger partial charge in [0.1, 0.15) is 0 Å². The summed E-state index contributed by atoms with van der Waals surface area (Å²) in [7, 11) is 0. The number of anilines is 1. The number of nitrogens with one attached hydrogen (secondary N) is 1. The minimum atomic E-state index is 0.177. The van der Waals surface area contributed by atoms with Crippen LogP contribution in [-0.2, 0) is 0 Å². The van der Waals surface area contributed by atoms with E-state index in [2.05, 4.69) is 16.6 Å². The highest BCUT2D eigenvalue weighted by Crippen LogP contribution is 2.22. The molecule has 0 amide bonds. The van der Waals surface area contributed by atoms with E-state index in [1.807, 2.05) is 37.7 Å². The summed E-state index contributed by atoms with van der Waals surface area (Å²) in [6.07, 6.45) is 9.25. The smallest absolute Gasteiger partial charge is 0.168 e. The molecule has 0 aromatic carbocycles. The fourth-order valence-electron chi connectivity index (χ4n) is 1.80. The maximum atomic E-state index is 5.73. The van der Waals surface area contributed by atoms with E-state index in [1.165, 1.54) is 31.4 Å². The van der Waals surface area contributed by atoms with E-state index in [-0.39, 0.29) is 6.10 Å². The summed E-state index contributed by atoms with van der Waals surface area (Å²) >= 11 is 1.93. The minimum Gasteiger partial charge on any atom is -0.487 e. The number of thioether (sulfide) groups is 1. The fraction of sp³-hybridized carbons (Fsp3) is 0.667. The van der Waals surface area contributed by atoms with Gasteiger partial charge in [-0.05, 0) is 50.8 Å². The monoisotopic (exact) mass is 282 g/mol. The average molecular weight is 282 g/mol. The Kier molecular flexibility index (Phi) is 8.47. The molecule has 1 aromatic rings. The van der Waals surface area contributed by atoms with Gasteiger partial charge >= 0.3 is 0 Å². The number of aromatic nitrogens is 1. The lowest BCUT2D eigenvalue weighted by atomic mass is 10.2. The van der Waals surface area contributed by atoms with Crippen molar-refractivity contribution >= 4 is 17.6 Å². The second-order valence-corrected chi connectivity index (χ2v) is 5.84. The molecule has 0 atom stereocenters. The van der Waals surface area contributed by atoms with Gasteiger partial charge in [0, 0.05) is 12.7 Å². The molecule has 1 aromatic heterocycles. The van der Waals surface area contributed by atoms with Gasteiger partial charge in [0.2, 0.25) is 0 Å². The zero-order valence-electron chi connectivity index (χ0n) is 12.3. The SMILES string of the molecule is CSCCCCCCNc1ncccc1OC(C)C. The maximum absolute atomic E-state index is 5.73. The van der Waals surface area contributed by atoms with Crippen molar-refractivity contribution in [3.8, 4) is 5.75 Å². The molecular weight excluding hydrogens is 256 g/mol. The molecule has 0 bridgehead atoms. The van der Waals surface area contributed by atoms with Gasteiger partial charge in [-0.2, -0.15) is 11.8 Å². The first-order valence-electron chi connectivity index (χ1n) is 7.08. The molecule has 0 fully saturated rings. The van der Waals surface area contributed by atoms with Crippen LogP contribution >= 0.6 is 11.8 Å². The Labute approximate surface area is 121 Å². The Morgan fingerprint density at radius 1 is 1.26 bits per heavy atom. The molecule has 1 N–H and O–H groups in total. The van der Waals surface area contributed by atoms with Crippen molar-refractivity contribution in [3.05, 3.63) is 18.3 Å². The van der Waals surface area contributed by atoms with E-state index in [9.17, 15) is 0 Å². The highest BCUT2D eigenvalue weighted by molar-refractivity contribution is 7.98. The van der Waals surface area contributed by atoms with Crippen LogP contribution in [0.1, 0.15) is 39.5 Å². The van der Waals surface area contributed by atoms with Crippen molar-refractivity contribution in [2.24, 2.45) is 0 Å². The number of hydrogen-bond acceptors (Lipinski definition) is 4. The predicted molar refractivity (Wildman–Crippen MR) is 85.3 cm³/mol. The molecule has 1 rings (SSSR count). The predicted octanol–water partition coefficient (Wildman–Crippen LogP) is 4.20. The van der Waals surface area contributed by atoms with Gasteiger partial charge in [-0.25, -0.2) is 4.98 Å². The summed E-state index contributed by atoms with van der Waals surface area (Å²) in [4.78, 5) is 4.34. The van der Waals surface area contributed by atoms with Crippen LogP contribution in [0.2, 0.25) is 0 Å². The molecule has 3 nitrogen and oxygen atoms in total. The molecule has 4 heteroatoms. The first kappa shape index (κ1) is 16.2. The quantitative estimate of drug-likeness (QED) is 0.652. The van der Waals surface area contributed by atoms with Crippen molar-refractivity contribution in [1.82, 2.24) is 4.98 Å². The average Bonchev–Trinajstić information content (AvgIpc) is 2.39. The van der Waals surface area contributed by atoms with Crippen molar-refractivity contribution in [2.75, 3.05) is 23.9 Å². The number of rotatable bonds is 10. The number of ether oxygens (including phenoxy) is 1. The highest BCUT2D eigenvalue weighted by Gasteiger charge is 2.05. The Morgan fingerprint density at radius 3 is 2.79 bits per heavy atom. The Balaban J connectivity index is 2.25. The van der Waals surface area contributed by atoms with Crippen LogP contribution in [-0.4, -0.2) is 29.6 Å². The Bertz CT molecular complexity index is 345. The highest BCUT2D eigenvalue weighted by atomic mass is 32.2. The lowest BCUT2D eigenvalue weighted by molar-refractivity contribution is 0.243. The number of pyridine rings is 1. The topological polar surface area (TPSA) is 34.2 Å².